The number of anilines is 1. The van der Waals surface area contributed by atoms with Crippen molar-refractivity contribution >= 4 is 40.2 Å². The van der Waals surface area contributed by atoms with Gasteiger partial charge >= 0.3 is 6.09 Å². The Bertz CT molecular complexity index is 1130. The Morgan fingerprint density at radius 2 is 1.85 bits per heavy atom. The number of aromatic nitrogens is 2. The summed E-state index contributed by atoms with van der Waals surface area (Å²) < 4.78 is 7.00. The van der Waals surface area contributed by atoms with E-state index in [2.05, 4.69) is 36.1 Å². The predicted octanol–water partition coefficient (Wildman–Crippen LogP) is 6.46. The second kappa shape index (κ2) is 12.1. The minimum atomic E-state index is -0.885. The van der Waals surface area contributed by atoms with Crippen LogP contribution in [0.3, 0.4) is 0 Å². The van der Waals surface area contributed by atoms with Gasteiger partial charge in [0.05, 0.1) is 22.4 Å². The molecule has 216 valence electrons. The maximum atomic E-state index is 13.4. The van der Waals surface area contributed by atoms with Gasteiger partial charge in [0.2, 0.25) is 11.8 Å². The molecule has 39 heavy (non-hydrogen) atoms. The Balaban J connectivity index is 1.25. The topological polar surface area (TPSA) is 112 Å². The fraction of sp³-hybridized carbons (Fsp3) is 0.714. The Labute approximate surface area is 240 Å². The minimum Gasteiger partial charge on any atom is -0.465 e. The van der Waals surface area contributed by atoms with Crippen LogP contribution in [0.15, 0.2) is 21.0 Å². The number of thioether (sulfide) groups is 1. The quantitative estimate of drug-likeness (QED) is 0.361. The van der Waals surface area contributed by atoms with E-state index in [1.54, 1.807) is 28.0 Å². The van der Waals surface area contributed by atoms with Crippen LogP contribution >= 0.6 is 23.1 Å². The molecule has 1 aliphatic carbocycles. The van der Waals surface area contributed by atoms with Crippen LogP contribution < -0.4 is 5.32 Å². The van der Waals surface area contributed by atoms with E-state index in [4.69, 9.17) is 4.42 Å². The maximum absolute atomic E-state index is 13.4. The molecule has 2 N–H and O–H groups in total. The van der Waals surface area contributed by atoms with Gasteiger partial charge in [0.15, 0.2) is 5.13 Å². The number of hydrogen-bond acceptors (Lipinski definition) is 8. The van der Waals surface area contributed by atoms with Gasteiger partial charge in [-0.05, 0) is 52.9 Å². The zero-order valence-electron chi connectivity index (χ0n) is 24.0. The number of rotatable bonds is 7. The first-order chi connectivity index (χ1) is 18.3. The van der Waals surface area contributed by atoms with Crippen molar-refractivity contribution in [3.63, 3.8) is 0 Å². The van der Waals surface area contributed by atoms with Gasteiger partial charge in [-0.15, -0.1) is 11.8 Å². The molecule has 2 aromatic heterocycles. The zero-order chi connectivity index (χ0) is 28.4. The Morgan fingerprint density at radius 3 is 2.46 bits per heavy atom. The van der Waals surface area contributed by atoms with E-state index >= 15 is 0 Å². The highest BCUT2D eigenvalue weighted by Gasteiger charge is 2.38. The fourth-order valence-electron chi connectivity index (χ4n) is 5.56. The lowest BCUT2D eigenvalue weighted by Gasteiger charge is -2.44. The lowest BCUT2D eigenvalue weighted by Crippen LogP contribution is -2.55. The zero-order valence-corrected chi connectivity index (χ0v) is 25.7. The molecular weight excluding hydrogens is 534 g/mol. The monoisotopic (exact) mass is 577 g/mol. The van der Waals surface area contributed by atoms with Crippen molar-refractivity contribution in [3.8, 4) is 0 Å². The molecule has 4 rings (SSSR count). The lowest BCUT2D eigenvalue weighted by atomic mass is 9.84. The molecule has 1 saturated carbocycles. The molecule has 0 unspecified atom stereocenters. The van der Waals surface area contributed by atoms with Crippen LogP contribution in [-0.2, 0) is 16.0 Å². The van der Waals surface area contributed by atoms with Crippen LogP contribution in [0, 0.1) is 5.92 Å². The average Bonchev–Trinajstić information content (AvgIpc) is 3.51. The molecule has 1 saturated heterocycles. The summed E-state index contributed by atoms with van der Waals surface area (Å²) in [7, 11) is 0. The summed E-state index contributed by atoms with van der Waals surface area (Å²) in [5.41, 5.74) is -0.508. The summed E-state index contributed by atoms with van der Waals surface area (Å²) in [6.07, 6.45) is 7.94. The van der Waals surface area contributed by atoms with Crippen LogP contribution in [-0.4, -0.2) is 67.6 Å². The molecule has 2 aromatic rings. The van der Waals surface area contributed by atoms with Gasteiger partial charge in [-0.25, -0.2) is 14.8 Å². The van der Waals surface area contributed by atoms with Crippen molar-refractivity contribution < 1.29 is 19.1 Å². The molecule has 2 amide bonds. The highest BCUT2D eigenvalue weighted by atomic mass is 32.2. The average molecular weight is 578 g/mol. The largest absolute Gasteiger partial charge is 0.465 e. The Hall–Kier alpha value is -2.27. The van der Waals surface area contributed by atoms with E-state index in [0.29, 0.717) is 31.7 Å². The van der Waals surface area contributed by atoms with Crippen LogP contribution in [0.25, 0.3) is 0 Å². The van der Waals surface area contributed by atoms with Crippen LogP contribution in [0.1, 0.15) is 91.7 Å². The number of oxazole rings is 1. The molecule has 0 bridgehead atoms. The van der Waals surface area contributed by atoms with Crippen molar-refractivity contribution in [1.82, 2.24) is 19.8 Å². The van der Waals surface area contributed by atoms with Gasteiger partial charge in [0.1, 0.15) is 5.76 Å². The van der Waals surface area contributed by atoms with Crippen LogP contribution in [0.4, 0.5) is 9.93 Å². The normalized spacial score (nSPS) is 21.1. The molecule has 0 spiro atoms. The first-order valence-corrected chi connectivity index (χ1v) is 15.7. The summed E-state index contributed by atoms with van der Waals surface area (Å²) in [6, 6.07) is 0.173. The van der Waals surface area contributed by atoms with Crippen molar-refractivity contribution in [2.75, 3.05) is 18.4 Å². The first-order valence-electron chi connectivity index (χ1n) is 13.9. The second-order valence-electron chi connectivity index (χ2n) is 12.7. The molecule has 2 aliphatic rings. The van der Waals surface area contributed by atoms with Gasteiger partial charge in [0, 0.05) is 42.0 Å². The highest BCUT2D eigenvalue weighted by Crippen LogP contribution is 2.35. The van der Waals surface area contributed by atoms with E-state index in [1.165, 1.54) is 0 Å². The number of amides is 2. The van der Waals surface area contributed by atoms with Gasteiger partial charge in [0.25, 0.3) is 0 Å². The number of hydrogen-bond donors (Lipinski definition) is 2. The third kappa shape index (κ3) is 7.68. The third-order valence-corrected chi connectivity index (χ3v) is 9.64. The summed E-state index contributed by atoms with van der Waals surface area (Å²) in [4.78, 5) is 37.7. The standard InChI is InChI=1S/C28H43N5O4S2/c1-27(2,3)21-15-29-22(37-21)17-38-23-16-30-25(39-23)31-19-9-7-8-18(14-19)24(34)32-12-10-20(11-13-32)33(26(35)36)28(4,5)6/h15-16,18-20H,7-14,17H2,1-6H3,(H,30,31)(H,35,36)/t18-,19+/m1/s1. The molecular formula is C28H43N5O4S2. The van der Waals surface area contributed by atoms with Crippen LogP contribution in [0.5, 0.6) is 0 Å². The Morgan fingerprint density at radius 1 is 1.13 bits per heavy atom. The smallest absolute Gasteiger partial charge is 0.407 e. The summed E-state index contributed by atoms with van der Waals surface area (Å²) in [5.74, 6) is 2.49. The molecule has 11 heteroatoms. The lowest BCUT2D eigenvalue weighted by molar-refractivity contribution is -0.138. The summed E-state index contributed by atoms with van der Waals surface area (Å²) in [6.45, 7) is 13.4. The molecule has 9 nitrogen and oxygen atoms in total. The number of carbonyl (C=O) groups excluding carboxylic acids is 1. The molecule has 0 aromatic carbocycles. The maximum Gasteiger partial charge on any atom is 0.407 e. The van der Waals surface area contributed by atoms with Gasteiger partial charge in [-0.3, -0.25) is 4.79 Å². The van der Waals surface area contributed by atoms with Crippen molar-refractivity contribution in [2.24, 2.45) is 5.92 Å². The molecule has 1 aliphatic heterocycles. The number of likely N-dealkylation sites (tertiary alicyclic amines) is 1. The Kier molecular flexibility index (Phi) is 9.20. The van der Waals surface area contributed by atoms with Crippen LogP contribution in [0.2, 0.25) is 0 Å². The van der Waals surface area contributed by atoms with Crippen molar-refractivity contribution in [1.29, 1.82) is 0 Å². The van der Waals surface area contributed by atoms with E-state index in [-0.39, 0.29) is 29.3 Å². The SMILES string of the molecule is CC(C)(C)c1cnc(CSc2cnc(N[C@H]3CCC[C@@H](C(=O)N4CCC(N(C(=O)O)C(C)(C)C)CC4)C3)s2)o1. The van der Waals surface area contributed by atoms with Gasteiger partial charge in [-0.2, -0.15) is 0 Å². The van der Waals surface area contributed by atoms with E-state index in [0.717, 1.165) is 46.7 Å². The number of piperidine rings is 1. The third-order valence-electron chi connectivity index (χ3n) is 7.54. The number of carbonyl (C=O) groups is 2. The summed E-state index contributed by atoms with van der Waals surface area (Å²) >= 11 is 3.29. The fourth-order valence-corrected chi connectivity index (χ4v) is 7.37. The number of thiazole rings is 1. The summed E-state index contributed by atoms with van der Waals surface area (Å²) in [5, 5.41) is 14.2. The molecule has 3 heterocycles. The van der Waals surface area contributed by atoms with E-state index in [9.17, 15) is 14.7 Å². The molecule has 0 radical (unpaired) electrons. The number of carboxylic acid groups (broad SMARTS) is 1. The van der Waals surface area contributed by atoms with Gasteiger partial charge < -0.3 is 24.6 Å². The number of nitrogens with one attached hydrogen (secondary N) is 1. The van der Waals surface area contributed by atoms with E-state index < -0.39 is 11.6 Å². The molecule has 2 fully saturated rings. The molecule has 2 atom stereocenters. The second-order valence-corrected chi connectivity index (χ2v) is 15.0. The van der Waals surface area contributed by atoms with Gasteiger partial charge in [-0.1, -0.05) is 38.5 Å². The highest BCUT2D eigenvalue weighted by molar-refractivity contribution is 8.00. The van der Waals surface area contributed by atoms with Crippen molar-refractivity contribution in [3.05, 3.63) is 24.0 Å². The van der Waals surface area contributed by atoms with E-state index in [1.807, 2.05) is 38.1 Å². The predicted molar refractivity (Wildman–Crippen MR) is 155 cm³/mol. The number of nitrogens with zero attached hydrogens (tertiary/aromatic N) is 4. The van der Waals surface area contributed by atoms with Crippen molar-refractivity contribution in [2.45, 2.75) is 113 Å². The minimum absolute atomic E-state index is 0.00170. The first kappa shape index (κ1) is 29.7.